The molecule has 0 amide bonds. The summed E-state index contributed by atoms with van der Waals surface area (Å²) in [6.07, 6.45) is 3.08. The van der Waals surface area contributed by atoms with E-state index in [2.05, 4.69) is 0 Å². The van der Waals surface area contributed by atoms with E-state index in [-0.39, 0.29) is 5.97 Å². The molecule has 0 spiro atoms. The predicted octanol–water partition coefficient (Wildman–Crippen LogP) is 3.84. The molecule has 0 unspecified atom stereocenters. The number of esters is 1. The van der Waals surface area contributed by atoms with Crippen molar-refractivity contribution in [1.29, 1.82) is 0 Å². The lowest BCUT2D eigenvalue weighted by Crippen LogP contribution is -2.22. The van der Waals surface area contributed by atoms with Crippen LogP contribution in [0.25, 0.3) is 6.08 Å². The van der Waals surface area contributed by atoms with Crippen molar-refractivity contribution in [3.8, 4) is 11.5 Å². The number of carbonyl (C=O) groups excluding carboxylic acids is 1. The van der Waals surface area contributed by atoms with Gasteiger partial charge >= 0.3 is 5.97 Å². The van der Waals surface area contributed by atoms with Gasteiger partial charge < -0.3 is 14.2 Å². The summed E-state index contributed by atoms with van der Waals surface area (Å²) in [7, 11) is 0. The van der Waals surface area contributed by atoms with Crippen molar-refractivity contribution in [1.82, 2.24) is 0 Å². The molecule has 0 radical (unpaired) electrons. The van der Waals surface area contributed by atoms with Gasteiger partial charge in [-0.3, -0.25) is 0 Å². The molecule has 0 saturated heterocycles. The number of ether oxygens (including phenoxy) is 3. The number of carbonyl (C=O) groups is 1. The number of rotatable bonds is 6. The van der Waals surface area contributed by atoms with Crippen LogP contribution < -0.4 is 9.47 Å². The molecule has 0 aliphatic heterocycles. The van der Waals surface area contributed by atoms with Gasteiger partial charge in [0.05, 0.1) is 13.2 Å². The monoisotopic (exact) mass is 292 g/mol. The Morgan fingerprint density at radius 2 is 1.81 bits per heavy atom. The van der Waals surface area contributed by atoms with Gasteiger partial charge in [0.1, 0.15) is 17.1 Å². The summed E-state index contributed by atoms with van der Waals surface area (Å²) < 4.78 is 16.2. The van der Waals surface area contributed by atoms with Crippen LogP contribution in [0.15, 0.2) is 24.3 Å². The molecule has 0 saturated carbocycles. The minimum Gasteiger partial charge on any atom is -0.494 e. The van der Waals surface area contributed by atoms with Crippen LogP contribution in [0.2, 0.25) is 0 Å². The van der Waals surface area contributed by atoms with Crippen LogP contribution in [0, 0.1) is 0 Å². The molecular formula is C17H24O4. The first-order valence-electron chi connectivity index (χ1n) is 7.16. The van der Waals surface area contributed by atoms with Crippen molar-refractivity contribution >= 4 is 12.0 Å². The third-order valence-corrected chi connectivity index (χ3v) is 2.40. The molecule has 1 aromatic carbocycles. The summed E-state index contributed by atoms with van der Waals surface area (Å²) in [4.78, 5) is 11.7. The molecule has 116 valence electrons. The summed E-state index contributed by atoms with van der Waals surface area (Å²) in [5.41, 5.74) is 0.283. The lowest BCUT2D eigenvalue weighted by Gasteiger charge is -2.18. The summed E-state index contributed by atoms with van der Waals surface area (Å²) in [5, 5.41) is 0. The first-order valence-corrected chi connectivity index (χ1v) is 7.16. The maximum Gasteiger partial charge on any atom is 0.331 e. The summed E-state index contributed by atoms with van der Waals surface area (Å²) in [6, 6.07) is 5.53. The van der Waals surface area contributed by atoms with Gasteiger partial charge in [0, 0.05) is 11.6 Å². The van der Waals surface area contributed by atoms with Crippen molar-refractivity contribution < 1.29 is 19.0 Å². The minimum absolute atomic E-state index is 0.383. The zero-order chi connectivity index (χ0) is 15.9. The molecule has 0 N–H and O–H groups in total. The van der Waals surface area contributed by atoms with Crippen LogP contribution >= 0.6 is 0 Å². The SMILES string of the molecule is CCOc1ccc(OCC)c(C=CC(=O)OC(C)(C)C)c1. The molecule has 21 heavy (non-hydrogen) atoms. The van der Waals surface area contributed by atoms with Gasteiger partial charge in [0.15, 0.2) is 0 Å². The molecule has 0 atom stereocenters. The van der Waals surface area contributed by atoms with Gasteiger partial charge in [-0.2, -0.15) is 0 Å². The van der Waals surface area contributed by atoms with Crippen LogP contribution in [-0.4, -0.2) is 24.8 Å². The third-order valence-electron chi connectivity index (χ3n) is 2.40. The Hall–Kier alpha value is -1.97. The Labute approximate surface area is 126 Å². The first-order chi connectivity index (χ1) is 9.85. The third kappa shape index (κ3) is 6.34. The van der Waals surface area contributed by atoms with E-state index in [4.69, 9.17) is 14.2 Å². The van der Waals surface area contributed by atoms with Crippen LogP contribution in [-0.2, 0) is 9.53 Å². The minimum atomic E-state index is -0.503. The lowest BCUT2D eigenvalue weighted by molar-refractivity contribution is -0.148. The second-order valence-corrected chi connectivity index (χ2v) is 5.43. The standard InChI is InChI=1S/C17H24O4/c1-6-19-14-9-10-15(20-7-2)13(12-14)8-11-16(18)21-17(3,4)5/h8-12H,6-7H2,1-5H3. The van der Waals surface area contributed by atoms with Crippen molar-refractivity contribution in [3.05, 3.63) is 29.8 Å². The Morgan fingerprint density at radius 3 is 2.38 bits per heavy atom. The zero-order valence-electron chi connectivity index (χ0n) is 13.4. The van der Waals surface area contributed by atoms with E-state index < -0.39 is 5.60 Å². The van der Waals surface area contributed by atoms with Gasteiger partial charge in [-0.1, -0.05) is 0 Å². The Morgan fingerprint density at radius 1 is 1.14 bits per heavy atom. The van der Waals surface area contributed by atoms with E-state index in [1.54, 1.807) is 6.08 Å². The molecule has 0 aliphatic carbocycles. The topological polar surface area (TPSA) is 44.8 Å². The number of benzene rings is 1. The predicted molar refractivity (Wildman–Crippen MR) is 83.7 cm³/mol. The van der Waals surface area contributed by atoms with Crippen LogP contribution in [0.1, 0.15) is 40.2 Å². The van der Waals surface area contributed by atoms with Gasteiger partial charge in [-0.15, -0.1) is 0 Å². The highest BCUT2D eigenvalue weighted by Gasteiger charge is 2.14. The van der Waals surface area contributed by atoms with E-state index >= 15 is 0 Å². The fraction of sp³-hybridized carbons (Fsp3) is 0.471. The normalized spacial score (nSPS) is 11.5. The van der Waals surface area contributed by atoms with Crippen molar-refractivity contribution in [2.24, 2.45) is 0 Å². The number of hydrogen-bond donors (Lipinski definition) is 0. The molecule has 0 aliphatic rings. The second kappa shape index (κ2) is 7.72. The average Bonchev–Trinajstić information content (AvgIpc) is 2.37. The fourth-order valence-electron chi connectivity index (χ4n) is 1.69. The fourth-order valence-corrected chi connectivity index (χ4v) is 1.69. The van der Waals surface area contributed by atoms with E-state index in [9.17, 15) is 4.79 Å². The van der Waals surface area contributed by atoms with E-state index in [0.29, 0.717) is 19.0 Å². The molecule has 4 heteroatoms. The Balaban J connectivity index is 2.92. The van der Waals surface area contributed by atoms with Crippen LogP contribution in [0.4, 0.5) is 0 Å². The maximum atomic E-state index is 11.7. The van der Waals surface area contributed by atoms with Gasteiger partial charge in [0.2, 0.25) is 0 Å². The Kier molecular flexibility index (Phi) is 6.28. The molecule has 4 nitrogen and oxygen atoms in total. The smallest absolute Gasteiger partial charge is 0.331 e. The highest BCUT2D eigenvalue weighted by Crippen LogP contribution is 2.26. The first kappa shape index (κ1) is 17.1. The summed E-state index contributed by atoms with van der Waals surface area (Å²) >= 11 is 0. The number of hydrogen-bond acceptors (Lipinski definition) is 4. The molecule has 0 bridgehead atoms. The summed E-state index contributed by atoms with van der Waals surface area (Å²) in [5.74, 6) is 1.07. The molecular weight excluding hydrogens is 268 g/mol. The van der Waals surface area contributed by atoms with Crippen LogP contribution in [0.5, 0.6) is 11.5 Å². The summed E-state index contributed by atoms with van der Waals surface area (Å²) in [6.45, 7) is 10.5. The molecule has 0 aromatic heterocycles. The molecule has 0 fully saturated rings. The van der Waals surface area contributed by atoms with Gasteiger partial charge in [-0.05, 0) is 58.9 Å². The zero-order valence-corrected chi connectivity index (χ0v) is 13.4. The van der Waals surface area contributed by atoms with E-state index in [1.807, 2.05) is 52.8 Å². The lowest BCUT2D eigenvalue weighted by atomic mass is 10.1. The Bertz CT molecular complexity index is 498. The molecule has 1 aromatic rings. The molecule has 1 rings (SSSR count). The quantitative estimate of drug-likeness (QED) is 0.590. The van der Waals surface area contributed by atoms with Gasteiger partial charge in [-0.25, -0.2) is 4.79 Å². The molecule has 0 heterocycles. The maximum absolute atomic E-state index is 11.7. The van der Waals surface area contributed by atoms with E-state index in [0.717, 1.165) is 11.3 Å². The van der Waals surface area contributed by atoms with Crippen molar-refractivity contribution in [2.45, 2.75) is 40.2 Å². The van der Waals surface area contributed by atoms with Gasteiger partial charge in [0.25, 0.3) is 0 Å². The highest BCUT2D eigenvalue weighted by atomic mass is 16.6. The van der Waals surface area contributed by atoms with Crippen molar-refractivity contribution in [2.75, 3.05) is 13.2 Å². The largest absolute Gasteiger partial charge is 0.494 e. The average molecular weight is 292 g/mol. The van der Waals surface area contributed by atoms with Crippen LogP contribution in [0.3, 0.4) is 0 Å². The highest BCUT2D eigenvalue weighted by molar-refractivity contribution is 5.88. The second-order valence-electron chi connectivity index (χ2n) is 5.43. The van der Waals surface area contributed by atoms with E-state index in [1.165, 1.54) is 6.08 Å². The van der Waals surface area contributed by atoms with Crippen molar-refractivity contribution in [3.63, 3.8) is 0 Å².